The third kappa shape index (κ3) is 5.20. The van der Waals surface area contributed by atoms with Crippen LogP contribution in [0.4, 0.5) is 0 Å². The van der Waals surface area contributed by atoms with Gasteiger partial charge in [0.1, 0.15) is 0 Å². The Labute approximate surface area is 108 Å². The molecule has 3 nitrogen and oxygen atoms in total. The monoisotopic (exact) mass is 254 g/mol. The molecule has 0 radical (unpaired) electrons. The molecule has 0 fully saturated rings. The van der Waals surface area contributed by atoms with Gasteiger partial charge in [0.05, 0.1) is 0 Å². The summed E-state index contributed by atoms with van der Waals surface area (Å²) in [6, 6.07) is 7.96. The van der Waals surface area contributed by atoms with Crippen molar-refractivity contribution in [2.75, 3.05) is 13.1 Å². The number of carbonyl (C=O) groups is 1. The molecule has 2 N–H and O–H groups in total. The lowest BCUT2D eigenvalue weighted by molar-refractivity contribution is -0.120. The molecule has 94 valence electrons. The second kappa shape index (κ2) is 7.30. The van der Waals surface area contributed by atoms with Crippen LogP contribution in [0.2, 0.25) is 5.02 Å². The maximum absolute atomic E-state index is 11.2. The zero-order valence-electron chi connectivity index (χ0n) is 10.3. The van der Waals surface area contributed by atoms with E-state index >= 15 is 0 Å². The highest BCUT2D eigenvalue weighted by molar-refractivity contribution is 6.30. The van der Waals surface area contributed by atoms with E-state index in [9.17, 15) is 4.79 Å². The summed E-state index contributed by atoms with van der Waals surface area (Å²) in [5.41, 5.74) is 1.17. The first-order chi connectivity index (χ1) is 8.13. The van der Waals surface area contributed by atoms with Crippen molar-refractivity contribution in [1.29, 1.82) is 0 Å². The molecule has 17 heavy (non-hydrogen) atoms. The number of rotatable bonds is 6. The molecule has 1 atom stereocenters. The van der Waals surface area contributed by atoms with Crippen LogP contribution < -0.4 is 10.6 Å². The first kappa shape index (κ1) is 14.0. The Hall–Kier alpha value is -1.06. The van der Waals surface area contributed by atoms with Gasteiger partial charge in [-0.25, -0.2) is 0 Å². The van der Waals surface area contributed by atoms with Gasteiger partial charge in [0, 0.05) is 30.6 Å². The van der Waals surface area contributed by atoms with Gasteiger partial charge in [-0.2, -0.15) is 0 Å². The fourth-order valence-electron chi connectivity index (χ4n) is 1.56. The van der Waals surface area contributed by atoms with Gasteiger partial charge in [0.15, 0.2) is 0 Å². The van der Waals surface area contributed by atoms with Crippen molar-refractivity contribution >= 4 is 17.5 Å². The van der Waals surface area contributed by atoms with Crippen LogP contribution in [-0.4, -0.2) is 19.0 Å². The number of carbonyl (C=O) groups excluding carboxylic acids is 1. The number of amides is 1. The van der Waals surface area contributed by atoms with E-state index in [4.69, 9.17) is 11.6 Å². The number of benzene rings is 1. The van der Waals surface area contributed by atoms with Gasteiger partial charge in [0.25, 0.3) is 0 Å². The van der Waals surface area contributed by atoms with Gasteiger partial charge in [-0.05, 0) is 31.5 Å². The first-order valence-corrected chi connectivity index (χ1v) is 6.26. The van der Waals surface area contributed by atoms with Crippen LogP contribution in [0, 0.1) is 0 Å². The molecule has 0 spiro atoms. The van der Waals surface area contributed by atoms with Crippen molar-refractivity contribution in [3.05, 3.63) is 34.9 Å². The standard InChI is InChI=1S/C13H19ClN2O/c1-3-15-13(17)8-9-16-10(2)11-4-6-12(14)7-5-11/h4-7,10,16H,3,8-9H2,1-2H3,(H,15,17)/t10-/m1/s1. The van der Waals surface area contributed by atoms with E-state index in [-0.39, 0.29) is 11.9 Å². The molecule has 4 heteroatoms. The molecule has 0 bridgehead atoms. The molecular weight excluding hydrogens is 236 g/mol. The third-order valence-corrected chi connectivity index (χ3v) is 2.80. The van der Waals surface area contributed by atoms with Crippen LogP contribution in [0.25, 0.3) is 0 Å². The fraction of sp³-hybridized carbons (Fsp3) is 0.462. The van der Waals surface area contributed by atoms with Crippen molar-refractivity contribution in [1.82, 2.24) is 10.6 Å². The predicted molar refractivity (Wildman–Crippen MR) is 71.2 cm³/mol. The largest absolute Gasteiger partial charge is 0.356 e. The molecule has 1 aromatic carbocycles. The van der Waals surface area contributed by atoms with Crippen LogP contribution in [0.5, 0.6) is 0 Å². The average Bonchev–Trinajstić information content (AvgIpc) is 2.30. The fourth-order valence-corrected chi connectivity index (χ4v) is 1.68. The Bertz CT molecular complexity index is 351. The highest BCUT2D eigenvalue weighted by atomic mass is 35.5. The van der Waals surface area contributed by atoms with E-state index in [1.54, 1.807) is 0 Å². The normalized spacial score (nSPS) is 12.2. The average molecular weight is 255 g/mol. The van der Waals surface area contributed by atoms with Crippen LogP contribution in [0.3, 0.4) is 0 Å². The second-order valence-electron chi connectivity index (χ2n) is 3.93. The summed E-state index contributed by atoms with van der Waals surface area (Å²) in [6.07, 6.45) is 0.506. The van der Waals surface area contributed by atoms with Gasteiger partial charge in [-0.3, -0.25) is 4.79 Å². The zero-order valence-corrected chi connectivity index (χ0v) is 11.1. The molecule has 0 unspecified atom stereocenters. The third-order valence-electron chi connectivity index (χ3n) is 2.55. The van der Waals surface area contributed by atoms with Gasteiger partial charge in [-0.15, -0.1) is 0 Å². The van der Waals surface area contributed by atoms with Crippen molar-refractivity contribution < 1.29 is 4.79 Å². The van der Waals surface area contributed by atoms with E-state index in [0.717, 1.165) is 5.02 Å². The summed E-state index contributed by atoms with van der Waals surface area (Å²) in [5, 5.41) is 6.81. The van der Waals surface area contributed by atoms with Gasteiger partial charge in [0.2, 0.25) is 5.91 Å². The summed E-state index contributed by atoms with van der Waals surface area (Å²) in [7, 11) is 0. The molecule has 0 aliphatic rings. The van der Waals surface area contributed by atoms with Crippen molar-refractivity contribution in [3.63, 3.8) is 0 Å². The second-order valence-corrected chi connectivity index (χ2v) is 4.37. The minimum atomic E-state index is 0.0864. The smallest absolute Gasteiger partial charge is 0.221 e. The summed E-state index contributed by atoms with van der Waals surface area (Å²) >= 11 is 5.82. The van der Waals surface area contributed by atoms with Crippen LogP contribution in [0.1, 0.15) is 31.9 Å². The minimum absolute atomic E-state index is 0.0864. The Morgan fingerprint density at radius 2 is 2.00 bits per heavy atom. The van der Waals surface area contributed by atoms with Gasteiger partial charge in [-0.1, -0.05) is 23.7 Å². The zero-order chi connectivity index (χ0) is 12.7. The summed E-state index contributed by atoms with van der Waals surface area (Å²) in [5.74, 6) is 0.0864. The first-order valence-electron chi connectivity index (χ1n) is 5.89. The molecule has 1 rings (SSSR count). The summed E-state index contributed by atoms with van der Waals surface area (Å²) < 4.78 is 0. The number of hydrogen-bond acceptors (Lipinski definition) is 2. The highest BCUT2D eigenvalue weighted by Gasteiger charge is 2.05. The number of hydrogen-bond donors (Lipinski definition) is 2. The highest BCUT2D eigenvalue weighted by Crippen LogP contribution is 2.15. The topological polar surface area (TPSA) is 41.1 Å². The van der Waals surface area contributed by atoms with Crippen molar-refractivity contribution in [3.8, 4) is 0 Å². The number of halogens is 1. The molecule has 0 saturated heterocycles. The van der Waals surface area contributed by atoms with Crippen LogP contribution >= 0.6 is 11.6 Å². The van der Waals surface area contributed by atoms with Crippen molar-refractivity contribution in [2.24, 2.45) is 0 Å². The Balaban J connectivity index is 2.32. The number of nitrogens with one attached hydrogen (secondary N) is 2. The Morgan fingerprint density at radius 3 is 2.59 bits per heavy atom. The molecular formula is C13H19ClN2O. The van der Waals surface area contributed by atoms with E-state index in [0.29, 0.717) is 19.5 Å². The maximum atomic E-state index is 11.2. The maximum Gasteiger partial charge on any atom is 0.221 e. The van der Waals surface area contributed by atoms with Gasteiger partial charge < -0.3 is 10.6 Å². The van der Waals surface area contributed by atoms with E-state index in [1.807, 2.05) is 31.2 Å². The van der Waals surface area contributed by atoms with Gasteiger partial charge >= 0.3 is 0 Å². The van der Waals surface area contributed by atoms with E-state index < -0.39 is 0 Å². The Kier molecular flexibility index (Phi) is 6.01. The molecule has 1 aromatic rings. The lowest BCUT2D eigenvalue weighted by Crippen LogP contribution is -2.28. The SMILES string of the molecule is CCNC(=O)CCN[C@H](C)c1ccc(Cl)cc1. The summed E-state index contributed by atoms with van der Waals surface area (Å²) in [6.45, 7) is 5.35. The lowest BCUT2D eigenvalue weighted by atomic mass is 10.1. The Morgan fingerprint density at radius 1 is 1.35 bits per heavy atom. The summed E-state index contributed by atoms with van der Waals surface area (Å²) in [4.78, 5) is 11.2. The van der Waals surface area contributed by atoms with Crippen LogP contribution in [0.15, 0.2) is 24.3 Å². The minimum Gasteiger partial charge on any atom is -0.356 e. The molecule has 0 heterocycles. The molecule has 0 saturated carbocycles. The quantitative estimate of drug-likeness (QED) is 0.819. The molecule has 0 aliphatic carbocycles. The lowest BCUT2D eigenvalue weighted by Gasteiger charge is -2.14. The van der Waals surface area contributed by atoms with E-state index in [2.05, 4.69) is 17.6 Å². The molecule has 1 amide bonds. The predicted octanol–water partition coefficient (Wildman–Crippen LogP) is 2.52. The van der Waals surface area contributed by atoms with E-state index in [1.165, 1.54) is 5.56 Å². The van der Waals surface area contributed by atoms with Crippen LogP contribution in [-0.2, 0) is 4.79 Å². The molecule has 0 aliphatic heterocycles. The van der Waals surface area contributed by atoms with Crippen molar-refractivity contribution in [2.45, 2.75) is 26.3 Å². The molecule has 0 aromatic heterocycles.